The van der Waals surface area contributed by atoms with Gasteiger partial charge in [0, 0.05) is 12.8 Å². The molecule has 0 aromatic heterocycles. The summed E-state index contributed by atoms with van der Waals surface area (Å²) in [7, 11) is 0. The topological polar surface area (TPSA) is 52.6 Å². The van der Waals surface area contributed by atoms with Crippen LogP contribution in [0.4, 0.5) is 35.1 Å². The molecule has 0 fully saturated rings. The Morgan fingerprint density at radius 2 is 1.39 bits per heavy atom. The van der Waals surface area contributed by atoms with Crippen molar-refractivity contribution in [2.45, 2.75) is 76.8 Å². The van der Waals surface area contributed by atoms with E-state index >= 15 is 0 Å². The third-order valence-corrected chi connectivity index (χ3v) is 3.46. The minimum Gasteiger partial charge on any atom is -0.463 e. The lowest BCUT2D eigenvalue weighted by Crippen LogP contribution is -2.59. The van der Waals surface area contributed by atoms with Crippen LogP contribution in [0.1, 0.15) is 46.5 Å². The van der Waals surface area contributed by atoms with Crippen molar-refractivity contribution in [2.24, 2.45) is 5.92 Å². The molecule has 4 nitrogen and oxygen atoms in total. The first kappa shape index (κ1) is 26.4. The van der Waals surface area contributed by atoms with E-state index in [4.69, 9.17) is 4.74 Å². The third kappa shape index (κ3) is 7.42. The number of hydrogen-bond acceptors (Lipinski definition) is 4. The lowest BCUT2D eigenvalue weighted by atomic mass is 10.1. The summed E-state index contributed by atoms with van der Waals surface area (Å²) in [6.45, 7) is 2.92. The van der Waals surface area contributed by atoms with Crippen molar-refractivity contribution in [2.75, 3.05) is 6.61 Å². The Labute approximate surface area is 156 Å². The van der Waals surface area contributed by atoms with Gasteiger partial charge in [0.2, 0.25) is 0 Å². The molecule has 0 aromatic carbocycles. The Balaban J connectivity index is 4.46. The summed E-state index contributed by atoms with van der Waals surface area (Å²) < 4.78 is 110. The van der Waals surface area contributed by atoms with E-state index in [2.05, 4.69) is 4.74 Å². The van der Waals surface area contributed by atoms with Gasteiger partial charge in [-0.25, -0.2) is 8.78 Å². The number of alkyl halides is 8. The van der Waals surface area contributed by atoms with Gasteiger partial charge in [0.15, 0.2) is 6.61 Å². The molecule has 0 saturated heterocycles. The van der Waals surface area contributed by atoms with Crippen molar-refractivity contribution in [1.29, 1.82) is 0 Å². The average molecular weight is 430 g/mol. The van der Waals surface area contributed by atoms with Gasteiger partial charge in [0.05, 0.1) is 6.10 Å². The van der Waals surface area contributed by atoms with E-state index in [1.54, 1.807) is 6.92 Å². The smallest absolute Gasteiger partial charge is 0.381 e. The summed E-state index contributed by atoms with van der Waals surface area (Å²) in [4.78, 5) is 22.8. The molecule has 28 heavy (non-hydrogen) atoms. The molecule has 0 heterocycles. The molecule has 12 heteroatoms. The lowest BCUT2D eigenvalue weighted by molar-refractivity contribution is -0.344. The maximum atomic E-state index is 13.2. The van der Waals surface area contributed by atoms with Crippen LogP contribution in [0.3, 0.4) is 0 Å². The van der Waals surface area contributed by atoms with Gasteiger partial charge in [-0.05, 0) is 25.7 Å². The Kier molecular flexibility index (Phi) is 9.65. The zero-order valence-electron chi connectivity index (χ0n) is 15.4. The maximum absolute atomic E-state index is 13.2. The third-order valence-electron chi connectivity index (χ3n) is 3.46. The van der Waals surface area contributed by atoms with Crippen molar-refractivity contribution in [3.05, 3.63) is 0 Å². The van der Waals surface area contributed by atoms with Crippen molar-refractivity contribution < 1.29 is 54.2 Å². The fraction of sp³-hybridized carbons (Fsp3) is 0.875. The molecule has 0 aliphatic carbocycles. The number of rotatable bonds is 12. The van der Waals surface area contributed by atoms with Gasteiger partial charge in [0.25, 0.3) is 0 Å². The lowest BCUT2D eigenvalue weighted by Gasteiger charge is -2.31. The van der Waals surface area contributed by atoms with Gasteiger partial charge in [-0.3, -0.25) is 9.59 Å². The van der Waals surface area contributed by atoms with Crippen molar-refractivity contribution in [3.8, 4) is 0 Å². The first-order valence-corrected chi connectivity index (χ1v) is 8.31. The molecule has 0 amide bonds. The van der Waals surface area contributed by atoms with E-state index in [0.29, 0.717) is 6.42 Å². The predicted octanol–water partition coefficient (Wildman–Crippen LogP) is 4.85. The second-order valence-corrected chi connectivity index (χ2v) is 6.65. The minimum absolute atomic E-state index is 0.235. The molecule has 0 saturated carbocycles. The normalized spacial score (nSPS) is 14.3. The molecule has 0 rings (SSSR count). The number of esters is 2. The number of carbonyl (C=O) groups is 2. The molecule has 0 aliphatic heterocycles. The maximum Gasteiger partial charge on any atom is 0.381 e. The van der Waals surface area contributed by atoms with Crippen LogP contribution < -0.4 is 0 Å². The van der Waals surface area contributed by atoms with Crippen LogP contribution in [0.15, 0.2) is 0 Å². The van der Waals surface area contributed by atoms with Gasteiger partial charge in [-0.1, -0.05) is 13.8 Å². The van der Waals surface area contributed by atoms with Gasteiger partial charge in [-0.2, -0.15) is 26.3 Å². The number of carbonyl (C=O) groups excluding carboxylic acids is 2. The monoisotopic (exact) mass is 430 g/mol. The van der Waals surface area contributed by atoms with Crippen LogP contribution in [-0.4, -0.2) is 48.8 Å². The Bertz CT molecular complexity index is 523. The van der Waals surface area contributed by atoms with Crippen molar-refractivity contribution >= 4 is 11.9 Å². The fourth-order valence-electron chi connectivity index (χ4n) is 2.09. The molecular formula is C16H22F8O4. The Hall–Kier alpha value is -1.62. The summed E-state index contributed by atoms with van der Waals surface area (Å²) in [6.07, 6.45) is -6.06. The summed E-state index contributed by atoms with van der Waals surface area (Å²) in [5.41, 5.74) is 0. The van der Waals surface area contributed by atoms with Gasteiger partial charge >= 0.3 is 36.1 Å². The molecule has 0 aliphatic rings. The predicted molar refractivity (Wildman–Crippen MR) is 80.7 cm³/mol. The molecule has 0 aromatic rings. The molecule has 0 spiro atoms. The molecule has 166 valence electrons. The first-order chi connectivity index (χ1) is 12.5. The van der Waals surface area contributed by atoms with Crippen LogP contribution in [0.2, 0.25) is 0 Å². The number of hydrogen-bond donors (Lipinski definition) is 0. The van der Waals surface area contributed by atoms with E-state index in [1.807, 2.05) is 13.8 Å². The van der Waals surface area contributed by atoms with E-state index in [-0.39, 0.29) is 18.8 Å². The molecular weight excluding hydrogens is 408 g/mol. The molecule has 1 unspecified atom stereocenters. The van der Waals surface area contributed by atoms with Gasteiger partial charge < -0.3 is 9.47 Å². The quantitative estimate of drug-likeness (QED) is 0.328. The fourth-order valence-corrected chi connectivity index (χ4v) is 2.09. The Morgan fingerprint density at radius 1 is 0.893 bits per heavy atom. The standard InChI is InChI=1S/C16H22F8O4/c1-9(2)7-10(3)28-12(26)6-4-5-11(25)27-8-14(19,20)16(23,24)15(21,22)13(17)18/h9-10,13H,4-8H2,1-3H3. The highest BCUT2D eigenvalue weighted by Crippen LogP contribution is 2.48. The highest BCUT2D eigenvalue weighted by atomic mass is 19.4. The van der Waals surface area contributed by atoms with Crippen LogP contribution in [0.25, 0.3) is 0 Å². The summed E-state index contributed by atoms with van der Waals surface area (Å²) in [5, 5.41) is 0. The second kappa shape index (κ2) is 10.2. The highest BCUT2D eigenvalue weighted by molar-refractivity contribution is 5.72. The van der Waals surface area contributed by atoms with Crippen LogP contribution >= 0.6 is 0 Å². The summed E-state index contributed by atoms with van der Waals surface area (Å²) in [6, 6.07) is 0. The van der Waals surface area contributed by atoms with Crippen LogP contribution in [-0.2, 0) is 19.1 Å². The minimum atomic E-state index is -6.44. The number of halogens is 8. The van der Waals surface area contributed by atoms with Gasteiger partial charge in [-0.15, -0.1) is 0 Å². The molecule has 1 atom stereocenters. The SMILES string of the molecule is CC(C)CC(C)OC(=O)CCCC(=O)OCC(F)(F)C(F)(F)C(F)(F)C(F)F. The number of ether oxygens (including phenoxy) is 2. The van der Waals surface area contributed by atoms with Gasteiger partial charge in [0.1, 0.15) is 0 Å². The zero-order chi connectivity index (χ0) is 22.3. The van der Waals surface area contributed by atoms with Crippen molar-refractivity contribution in [1.82, 2.24) is 0 Å². The zero-order valence-corrected chi connectivity index (χ0v) is 15.4. The van der Waals surface area contributed by atoms with Crippen LogP contribution in [0, 0.1) is 5.92 Å². The first-order valence-electron chi connectivity index (χ1n) is 8.31. The average Bonchev–Trinajstić information content (AvgIpc) is 2.51. The second-order valence-electron chi connectivity index (χ2n) is 6.65. The molecule has 0 radical (unpaired) electrons. The largest absolute Gasteiger partial charge is 0.463 e. The highest BCUT2D eigenvalue weighted by Gasteiger charge is 2.75. The Morgan fingerprint density at radius 3 is 1.86 bits per heavy atom. The molecule has 0 N–H and O–H groups in total. The summed E-state index contributed by atoms with van der Waals surface area (Å²) in [5.74, 6) is -20.4. The van der Waals surface area contributed by atoms with E-state index < -0.39 is 55.3 Å². The van der Waals surface area contributed by atoms with E-state index in [0.717, 1.165) is 0 Å². The van der Waals surface area contributed by atoms with E-state index in [9.17, 15) is 44.7 Å². The summed E-state index contributed by atoms with van der Waals surface area (Å²) >= 11 is 0. The van der Waals surface area contributed by atoms with E-state index in [1.165, 1.54) is 0 Å². The van der Waals surface area contributed by atoms with Crippen LogP contribution in [0.5, 0.6) is 0 Å². The van der Waals surface area contributed by atoms with Crippen molar-refractivity contribution in [3.63, 3.8) is 0 Å². The molecule has 0 bridgehead atoms.